The molecule has 0 radical (unpaired) electrons. The van der Waals surface area contributed by atoms with Gasteiger partial charge in [-0.15, -0.1) is 0 Å². The molecule has 15 heavy (non-hydrogen) atoms. The predicted molar refractivity (Wildman–Crippen MR) is 59.2 cm³/mol. The summed E-state index contributed by atoms with van der Waals surface area (Å²) >= 11 is 0. The maximum absolute atomic E-state index is 11.4. The van der Waals surface area contributed by atoms with E-state index in [9.17, 15) is 9.90 Å². The average molecular weight is 206 g/mol. The van der Waals surface area contributed by atoms with E-state index in [1.165, 1.54) is 0 Å². The Morgan fingerprint density at radius 3 is 2.87 bits per heavy atom. The van der Waals surface area contributed by atoms with Gasteiger partial charge in [0.15, 0.2) is 0 Å². The van der Waals surface area contributed by atoms with E-state index in [1.807, 2.05) is 18.7 Å². The number of nitrogens with one attached hydrogen (secondary N) is 1. The number of nitrogens with zero attached hydrogens (tertiary/aromatic N) is 1. The van der Waals surface area contributed by atoms with Crippen LogP contribution in [0, 0.1) is 0 Å². The molecule has 0 atom stereocenters. The number of fused-ring (bicyclic) bond motifs is 1. The van der Waals surface area contributed by atoms with Crippen molar-refractivity contribution in [2.75, 3.05) is 16.8 Å². The summed E-state index contributed by atoms with van der Waals surface area (Å²) in [5.74, 6) is 0.206. The Labute approximate surface area is 88.5 Å². The first-order chi connectivity index (χ1) is 7.08. The van der Waals surface area contributed by atoms with Gasteiger partial charge in [0, 0.05) is 12.1 Å². The van der Waals surface area contributed by atoms with Gasteiger partial charge in [-0.3, -0.25) is 4.79 Å². The third-order valence-electron chi connectivity index (χ3n) is 2.50. The number of hydrogen-bond donors (Lipinski definition) is 2. The number of aromatic hydroxyl groups is 1. The minimum absolute atomic E-state index is 0.0121. The van der Waals surface area contributed by atoms with Gasteiger partial charge in [-0.1, -0.05) is 0 Å². The van der Waals surface area contributed by atoms with Crippen LogP contribution >= 0.6 is 0 Å². The van der Waals surface area contributed by atoms with Crippen LogP contribution in [0.1, 0.15) is 13.8 Å². The summed E-state index contributed by atoms with van der Waals surface area (Å²) in [5, 5.41) is 12.2. The summed E-state index contributed by atoms with van der Waals surface area (Å²) in [6.45, 7) is 4.38. The molecule has 1 aromatic rings. The average Bonchev–Trinajstić information content (AvgIpc) is 2.17. The van der Waals surface area contributed by atoms with E-state index in [0.717, 1.165) is 11.4 Å². The molecule has 1 amide bonds. The number of phenols is 1. The molecule has 0 saturated heterocycles. The summed E-state index contributed by atoms with van der Waals surface area (Å²) in [7, 11) is 0. The van der Waals surface area contributed by atoms with Gasteiger partial charge in [-0.2, -0.15) is 0 Å². The SMILES string of the molecule is CC(C)N1CC(=O)Nc2ccc(O)cc21. The maximum Gasteiger partial charge on any atom is 0.243 e. The highest BCUT2D eigenvalue weighted by molar-refractivity contribution is 6.01. The van der Waals surface area contributed by atoms with Crippen molar-refractivity contribution in [2.45, 2.75) is 19.9 Å². The van der Waals surface area contributed by atoms with Crippen molar-refractivity contribution in [3.63, 3.8) is 0 Å². The van der Waals surface area contributed by atoms with Crippen molar-refractivity contribution in [2.24, 2.45) is 0 Å². The summed E-state index contributed by atoms with van der Waals surface area (Å²) in [6.07, 6.45) is 0. The highest BCUT2D eigenvalue weighted by Crippen LogP contribution is 2.33. The van der Waals surface area contributed by atoms with Crippen molar-refractivity contribution < 1.29 is 9.90 Å². The number of phenolic OH excluding ortho intramolecular Hbond substituents is 1. The lowest BCUT2D eigenvalue weighted by molar-refractivity contribution is -0.115. The molecule has 0 spiro atoms. The first-order valence-corrected chi connectivity index (χ1v) is 4.97. The number of amides is 1. The Bertz CT molecular complexity index is 402. The fraction of sp³-hybridized carbons (Fsp3) is 0.364. The Hall–Kier alpha value is -1.71. The molecule has 1 aliphatic heterocycles. The van der Waals surface area contributed by atoms with Crippen molar-refractivity contribution in [3.8, 4) is 5.75 Å². The highest BCUT2D eigenvalue weighted by Gasteiger charge is 2.23. The van der Waals surface area contributed by atoms with Gasteiger partial charge in [-0.25, -0.2) is 0 Å². The number of rotatable bonds is 1. The van der Waals surface area contributed by atoms with Crippen LogP contribution in [0.4, 0.5) is 11.4 Å². The van der Waals surface area contributed by atoms with Gasteiger partial charge in [-0.05, 0) is 26.0 Å². The lowest BCUT2D eigenvalue weighted by atomic mass is 10.1. The van der Waals surface area contributed by atoms with Gasteiger partial charge in [0.2, 0.25) is 5.91 Å². The van der Waals surface area contributed by atoms with E-state index in [0.29, 0.717) is 6.54 Å². The summed E-state index contributed by atoms with van der Waals surface area (Å²) in [4.78, 5) is 13.4. The van der Waals surface area contributed by atoms with Gasteiger partial charge < -0.3 is 15.3 Å². The molecule has 0 bridgehead atoms. The Kier molecular flexibility index (Phi) is 2.26. The minimum atomic E-state index is -0.0121. The first-order valence-electron chi connectivity index (χ1n) is 4.97. The summed E-state index contributed by atoms with van der Waals surface area (Å²) < 4.78 is 0. The second-order valence-electron chi connectivity index (χ2n) is 3.97. The largest absolute Gasteiger partial charge is 0.508 e. The molecule has 1 aromatic carbocycles. The number of carbonyl (C=O) groups is 1. The van der Waals surface area contributed by atoms with Crippen molar-refractivity contribution in [3.05, 3.63) is 18.2 Å². The Morgan fingerprint density at radius 2 is 2.20 bits per heavy atom. The molecular weight excluding hydrogens is 192 g/mol. The zero-order chi connectivity index (χ0) is 11.0. The van der Waals surface area contributed by atoms with Crippen LogP contribution in [0.5, 0.6) is 5.75 Å². The van der Waals surface area contributed by atoms with Crippen LogP contribution in [0.3, 0.4) is 0 Å². The van der Waals surface area contributed by atoms with Crippen LogP contribution < -0.4 is 10.2 Å². The molecule has 0 saturated carbocycles. The van der Waals surface area contributed by atoms with Gasteiger partial charge in [0.1, 0.15) is 5.75 Å². The summed E-state index contributed by atoms with van der Waals surface area (Å²) in [6, 6.07) is 5.20. The van der Waals surface area contributed by atoms with Crippen molar-refractivity contribution >= 4 is 17.3 Å². The summed E-state index contributed by atoms with van der Waals surface area (Å²) in [5.41, 5.74) is 1.64. The smallest absolute Gasteiger partial charge is 0.243 e. The fourth-order valence-electron chi connectivity index (χ4n) is 1.75. The Balaban J connectivity index is 2.47. The molecule has 0 aromatic heterocycles. The van der Waals surface area contributed by atoms with Crippen LogP contribution in [-0.2, 0) is 4.79 Å². The van der Waals surface area contributed by atoms with Crippen molar-refractivity contribution in [1.82, 2.24) is 0 Å². The molecule has 4 heteroatoms. The van der Waals surface area contributed by atoms with E-state index < -0.39 is 0 Å². The third-order valence-corrected chi connectivity index (χ3v) is 2.50. The quantitative estimate of drug-likeness (QED) is 0.685. The number of carbonyl (C=O) groups excluding carboxylic acids is 1. The van der Waals surface area contributed by atoms with Crippen LogP contribution in [0.25, 0.3) is 0 Å². The second kappa shape index (κ2) is 3.46. The van der Waals surface area contributed by atoms with E-state index in [2.05, 4.69) is 5.32 Å². The monoisotopic (exact) mass is 206 g/mol. The standard InChI is InChI=1S/C11H14N2O2/c1-7(2)13-6-11(15)12-9-4-3-8(14)5-10(9)13/h3-5,7,14H,6H2,1-2H3,(H,12,15). The molecule has 0 unspecified atom stereocenters. The topological polar surface area (TPSA) is 52.6 Å². The molecular formula is C11H14N2O2. The lowest BCUT2D eigenvalue weighted by Crippen LogP contribution is -2.42. The third kappa shape index (κ3) is 1.75. The minimum Gasteiger partial charge on any atom is -0.508 e. The van der Waals surface area contributed by atoms with E-state index in [1.54, 1.807) is 18.2 Å². The molecule has 0 aliphatic carbocycles. The number of benzene rings is 1. The molecule has 1 heterocycles. The maximum atomic E-state index is 11.4. The van der Waals surface area contributed by atoms with E-state index in [-0.39, 0.29) is 17.7 Å². The second-order valence-corrected chi connectivity index (χ2v) is 3.97. The van der Waals surface area contributed by atoms with E-state index >= 15 is 0 Å². The van der Waals surface area contributed by atoms with Gasteiger partial charge >= 0.3 is 0 Å². The van der Waals surface area contributed by atoms with Gasteiger partial charge in [0.05, 0.1) is 17.9 Å². The zero-order valence-corrected chi connectivity index (χ0v) is 8.82. The molecule has 80 valence electrons. The number of hydrogen-bond acceptors (Lipinski definition) is 3. The molecule has 0 fully saturated rings. The highest BCUT2D eigenvalue weighted by atomic mass is 16.3. The van der Waals surface area contributed by atoms with Crippen LogP contribution in [0.15, 0.2) is 18.2 Å². The predicted octanol–water partition coefficient (Wildman–Crippen LogP) is 1.56. The zero-order valence-electron chi connectivity index (χ0n) is 8.82. The first kappa shape index (κ1) is 9.83. The molecule has 2 N–H and O–H groups in total. The van der Waals surface area contributed by atoms with Gasteiger partial charge in [0.25, 0.3) is 0 Å². The van der Waals surface area contributed by atoms with Crippen molar-refractivity contribution in [1.29, 1.82) is 0 Å². The normalized spacial score (nSPS) is 15.1. The van der Waals surface area contributed by atoms with Crippen LogP contribution in [0.2, 0.25) is 0 Å². The van der Waals surface area contributed by atoms with E-state index in [4.69, 9.17) is 0 Å². The fourth-order valence-corrected chi connectivity index (χ4v) is 1.75. The molecule has 1 aliphatic rings. The Morgan fingerprint density at radius 1 is 1.47 bits per heavy atom. The molecule has 2 rings (SSSR count). The van der Waals surface area contributed by atoms with Crippen LogP contribution in [-0.4, -0.2) is 23.6 Å². The number of anilines is 2. The lowest BCUT2D eigenvalue weighted by Gasteiger charge is -2.34. The molecule has 4 nitrogen and oxygen atoms in total.